The highest BCUT2D eigenvalue weighted by molar-refractivity contribution is 5.99. The van der Waals surface area contributed by atoms with Gasteiger partial charge < -0.3 is 20.6 Å². The van der Waals surface area contributed by atoms with Crippen molar-refractivity contribution in [2.24, 2.45) is 5.92 Å². The number of nitrogen functional groups attached to an aromatic ring is 1. The molecular formula is C26H21F4N5O4. The lowest BCUT2D eigenvalue weighted by atomic mass is 9.93. The van der Waals surface area contributed by atoms with Gasteiger partial charge in [-0.3, -0.25) is 4.79 Å². The SMILES string of the molecule is Nc1nccc(-c2cc(F)c3nc(C4COc5ccc(C(=O)C6CC6)cc5C4)[nH]c3c2)n1.O=C(O)C(F)(F)F. The van der Waals surface area contributed by atoms with Crippen LogP contribution in [0.2, 0.25) is 0 Å². The zero-order valence-corrected chi connectivity index (χ0v) is 20.1. The van der Waals surface area contributed by atoms with Gasteiger partial charge in [0.1, 0.15) is 17.1 Å². The fraction of sp³-hybridized carbons (Fsp3) is 0.269. The summed E-state index contributed by atoms with van der Waals surface area (Å²) in [4.78, 5) is 37.2. The van der Waals surface area contributed by atoms with Crippen molar-refractivity contribution in [1.29, 1.82) is 0 Å². The largest absolute Gasteiger partial charge is 0.493 e. The van der Waals surface area contributed by atoms with Crippen molar-refractivity contribution in [2.45, 2.75) is 31.4 Å². The second-order valence-corrected chi connectivity index (χ2v) is 9.25. The van der Waals surface area contributed by atoms with E-state index in [0.717, 1.165) is 29.7 Å². The predicted molar refractivity (Wildman–Crippen MR) is 131 cm³/mol. The molecule has 0 saturated heterocycles. The number of aliphatic carboxylic acids is 1. The zero-order chi connectivity index (χ0) is 27.9. The molecule has 1 saturated carbocycles. The van der Waals surface area contributed by atoms with E-state index in [4.69, 9.17) is 20.4 Å². The maximum Gasteiger partial charge on any atom is 0.490 e. The van der Waals surface area contributed by atoms with Crippen LogP contribution in [0, 0.1) is 11.7 Å². The van der Waals surface area contributed by atoms with Crippen LogP contribution in [0.15, 0.2) is 42.6 Å². The van der Waals surface area contributed by atoms with Gasteiger partial charge in [-0.25, -0.2) is 24.1 Å². The van der Waals surface area contributed by atoms with Gasteiger partial charge in [0, 0.05) is 23.2 Å². The van der Waals surface area contributed by atoms with E-state index < -0.39 is 18.0 Å². The number of fused-ring (bicyclic) bond motifs is 2. The number of imidazole rings is 1. The summed E-state index contributed by atoms with van der Waals surface area (Å²) in [6.45, 7) is 0.430. The first-order chi connectivity index (χ1) is 18.5. The Kier molecular flexibility index (Phi) is 6.66. The molecule has 9 nitrogen and oxygen atoms in total. The Labute approximate surface area is 218 Å². The quantitative estimate of drug-likeness (QED) is 0.249. The summed E-state index contributed by atoms with van der Waals surface area (Å²) in [5.74, 6) is -1.31. The number of aromatic amines is 1. The molecule has 13 heteroatoms. The molecule has 4 aromatic rings. The molecule has 2 aromatic heterocycles. The molecule has 6 rings (SSSR count). The normalized spacial score (nSPS) is 16.6. The first-order valence-electron chi connectivity index (χ1n) is 11.9. The third-order valence-electron chi connectivity index (χ3n) is 6.36. The van der Waals surface area contributed by atoms with E-state index in [-0.39, 0.29) is 29.1 Å². The van der Waals surface area contributed by atoms with Crippen LogP contribution < -0.4 is 10.5 Å². The van der Waals surface area contributed by atoms with Crippen LogP contribution in [0.1, 0.15) is 40.5 Å². The molecule has 202 valence electrons. The minimum atomic E-state index is -5.08. The Morgan fingerprint density at radius 3 is 2.51 bits per heavy atom. The maximum atomic E-state index is 14.8. The Hall–Kier alpha value is -4.55. The molecular weight excluding hydrogens is 522 g/mol. The van der Waals surface area contributed by atoms with Crippen LogP contribution in [-0.2, 0) is 11.2 Å². The van der Waals surface area contributed by atoms with Crippen LogP contribution >= 0.6 is 0 Å². The molecule has 3 heterocycles. The molecule has 2 aromatic carbocycles. The van der Waals surface area contributed by atoms with Crippen molar-refractivity contribution < 1.29 is 37.0 Å². The van der Waals surface area contributed by atoms with Crippen LogP contribution in [0.25, 0.3) is 22.3 Å². The van der Waals surface area contributed by atoms with Crippen molar-refractivity contribution >= 4 is 28.7 Å². The number of carboxylic acid groups (broad SMARTS) is 1. The number of aromatic nitrogens is 4. The lowest BCUT2D eigenvalue weighted by Crippen LogP contribution is -2.21. The van der Waals surface area contributed by atoms with Crippen LogP contribution in [0.5, 0.6) is 5.75 Å². The van der Waals surface area contributed by atoms with E-state index in [1.807, 2.05) is 18.2 Å². The lowest BCUT2D eigenvalue weighted by Gasteiger charge is -2.24. The number of carboxylic acids is 1. The number of halogens is 4. The number of Topliss-reactive ketones (excluding diaryl/α,β-unsaturated/α-hetero) is 1. The minimum absolute atomic E-state index is 0.0706. The Morgan fingerprint density at radius 1 is 1.10 bits per heavy atom. The van der Waals surface area contributed by atoms with Crippen molar-refractivity contribution in [3.05, 3.63) is 65.4 Å². The standard InChI is InChI=1S/C24H20FN5O2.C2HF3O2/c25-17-9-14(18-5-6-27-24(26)29-18)10-19-21(17)30-23(28-19)16-8-15-7-13(22(31)12-1-2-12)3-4-20(15)32-11-16;3-2(4,5)1(6)7/h3-7,9-10,12,16H,1-2,8,11H2,(H,28,30)(H2,26,27,29);(H,6,7). The summed E-state index contributed by atoms with van der Waals surface area (Å²) in [5.41, 5.74) is 9.36. The van der Waals surface area contributed by atoms with Crippen LogP contribution in [0.3, 0.4) is 0 Å². The van der Waals surface area contributed by atoms with Gasteiger partial charge in [0.25, 0.3) is 0 Å². The van der Waals surface area contributed by atoms with Gasteiger partial charge in [-0.2, -0.15) is 13.2 Å². The fourth-order valence-corrected chi connectivity index (χ4v) is 4.27. The zero-order valence-electron chi connectivity index (χ0n) is 20.1. The van der Waals surface area contributed by atoms with E-state index in [1.165, 1.54) is 12.3 Å². The minimum Gasteiger partial charge on any atom is -0.493 e. The molecule has 1 aliphatic heterocycles. The second-order valence-electron chi connectivity index (χ2n) is 9.25. The van der Waals surface area contributed by atoms with E-state index in [9.17, 15) is 22.4 Å². The first-order valence-corrected chi connectivity index (χ1v) is 11.9. The van der Waals surface area contributed by atoms with Gasteiger partial charge in [-0.1, -0.05) is 0 Å². The van der Waals surface area contributed by atoms with Crippen LogP contribution in [0.4, 0.5) is 23.5 Å². The first kappa shape index (κ1) is 26.1. The van der Waals surface area contributed by atoms with Crippen molar-refractivity contribution in [1.82, 2.24) is 19.9 Å². The van der Waals surface area contributed by atoms with E-state index in [0.29, 0.717) is 35.6 Å². The highest BCUT2D eigenvalue weighted by atomic mass is 19.4. The lowest BCUT2D eigenvalue weighted by molar-refractivity contribution is -0.192. The topological polar surface area (TPSA) is 144 Å². The third-order valence-corrected chi connectivity index (χ3v) is 6.36. The van der Waals surface area contributed by atoms with Crippen molar-refractivity contribution in [2.75, 3.05) is 12.3 Å². The van der Waals surface area contributed by atoms with Crippen molar-refractivity contribution in [3.8, 4) is 17.0 Å². The molecule has 2 aliphatic rings. The molecule has 1 atom stereocenters. The number of ketones is 1. The van der Waals surface area contributed by atoms with Crippen LogP contribution in [-0.4, -0.2) is 49.6 Å². The number of ether oxygens (including phenoxy) is 1. The highest BCUT2D eigenvalue weighted by Crippen LogP contribution is 2.37. The van der Waals surface area contributed by atoms with Gasteiger partial charge in [0.05, 0.1) is 23.7 Å². The number of carbonyl (C=O) groups is 2. The summed E-state index contributed by atoms with van der Waals surface area (Å²) >= 11 is 0. The molecule has 1 fully saturated rings. The van der Waals surface area contributed by atoms with Crippen molar-refractivity contribution in [3.63, 3.8) is 0 Å². The summed E-state index contributed by atoms with van der Waals surface area (Å²) < 4.78 is 52.5. The molecule has 0 spiro atoms. The summed E-state index contributed by atoms with van der Waals surface area (Å²) in [7, 11) is 0. The number of nitrogens with one attached hydrogen (secondary N) is 1. The molecule has 1 unspecified atom stereocenters. The van der Waals surface area contributed by atoms with E-state index >= 15 is 0 Å². The Balaban J connectivity index is 0.000000392. The smallest absolute Gasteiger partial charge is 0.490 e. The number of alkyl halides is 3. The maximum absolute atomic E-state index is 14.8. The monoisotopic (exact) mass is 543 g/mol. The van der Waals surface area contributed by atoms with Gasteiger partial charge in [-0.05, 0) is 61.2 Å². The number of anilines is 1. The molecule has 4 N–H and O–H groups in total. The molecule has 0 radical (unpaired) electrons. The summed E-state index contributed by atoms with van der Waals surface area (Å²) in [6, 6.07) is 10.5. The number of rotatable bonds is 4. The van der Waals surface area contributed by atoms with E-state index in [2.05, 4.69) is 19.9 Å². The van der Waals surface area contributed by atoms with E-state index in [1.54, 1.807) is 12.1 Å². The molecule has 1 aliphatic carbocycles. The predicted octanol–water partition coefficient (Wildman–Crippen LogP) is 4.69. The fourth-order valence-electron chi connectivity index (χ4n) is 4.27. The average Bonchev–Trinajstić information content (AvgIpc) is 3.65. The van der Waals surface area contributed by atoms with Gasteiger partial charge in [-0.15, -0.1) is 0 Å². The number of carbonyl (C=O) groups excluding carboxylic acids is 1. The number of nitrogens with zero attached hydrogens (tertiary/aromatic N) is 3. The van der Waals surface area contributed by atoms with Gasteiger partial charge in [0.2, 0.25) is 5.95 Å². The Bertz CT molecular complexity index is 1580. The number of H-pyrrole nitrogens is 1. The number of hydrogen-bond acceptors (Lipinski definition) is 7. The second kappa shape index (κ2) is 9.97. The molecule has 39 heavy (non-hydrogen) atoms. The van der Waals surface area contributed by atoms with Gasteiger partial charge in [0.15, 0.2) is 11.6 Å². The number of nitrogens with two attached hydrogens (primary N) is 1. The number of benzene rings is 2. The van der Waals surface area contributed by atoms with Gasteiger partial charge >= 0.3 is 12.1 Å². The number of hydrogen-bond donors (Lipinski definition) is 3. The average molecular weight is 543 g/mol. The summed E-state index contributed by atoms with van der Waals surface area (Å²) in [5, 5.41) is 7.12. The Morgan fingerprint density at radius 2 is 1.85 bits per heavy atom. The molecule has 0 bridgehead atoms. The third kappa shape index (κ3) is 5.66. The summed E-state index contributed by atoms with van der Waals surface area (Å²) in [6.07, 6.45) is -0.929. The molecule has 0 amide bonds. The highest BCUT2D eigenvalue weighted by Gasteiger charge is 2.38.